The minimum Gasteiger partial charge on any atom is -0.462 e. The number of hydrogen-bond acceptors (Lipinski definition) is 6. The van der Waals surface area contributed by atoms with Crippen molar-refractivity contribution >= 4 is 28.6 Å². The van der Waals surface area contributed by atoms with Gasteiger partial charge in [-0.2, -0.15) is 0 Å². The monoisotopic (exact) mass is 528 g/mol. The number of ether oxygens (including phenoxy) is 2. The number of fused-ring (bicyclic) bond motifs is 1. The molecule has 2 amide bonds. The highest BCUT2D eigenvalue weighted by molar-refractivity contribution is 5.92. The van der Waals surface area contributed by atoms with E-state index in [1.54, 1.807) is 59.9 Å². The molecule has 1 aromatic heterocycles. The second-order valence-electron chi connectivity index (χ2n) is 9.00. The van der Waals surface area contributed by atoms with Crippen molar-refractivity contribution in [2.75, 3.05) is 32.2 Å². The van der Waals surface area contributed by atoms with E-state index in [0.717, 1.165) is 5.56 Å². The Morgan fingerprint density at radius 2 is 1.72 bits per heavy atom. The van der Waals surface area contributed by atoms with Gasteiger partial charge in [0, 0.05) is 19.3 Å². The Balaban J connectivity index is 1.74. The fourth-order valence-electron chi connectivity index (χ4n) is 4.38. The number of carbonyl (C=O) groups excluding carboxylic acids is 2. The maximum absolute atomic E-state index is 13.8. The Bertz CT molecular complexity index is 1530. The molecule has 1 N–H and O–H groups in total. The van der Waals surface area contributed by atoms with Crippen molar-refractivity contribution in [3.05, 3.63) is 100 Å². The van der Waals surface area contributed by atoms with E-state index in [1.807, 2.05) is 50.2 Å². The van der Waals surface area contributed by atoms with Crippen LogP contribution in [0.25, 0.3) is 16.6 Å². The summed E-state index contributed by atoms with van der Waals surface area (Å²) in [6, 6.07) is 20.2. The highest BCUT2D eigenvalue weighted by Gasteiger charge is 2.27. The van der Waals surface area contributed by atoms with Crippen LogP contribution in [0.15, 0.2) is 77.6 Å². The molecule has 0 radical (unpaired) electrons. The van der Waals surface area contributed by atoms with Crippen molar-refractivity contribution in [2.24, 2.45) is 0 Å². The van der Waals surface area contributed by atoms with Crippen LogP contribution in [0.5, 0.6) is 0 Å². The maximum Gasteiger partial charge on any atom is 0.338 e. The van der Waals surface area contributed by atoms with Gasteiger partial charge in [-0.3, -0.25) is 9.36 Å². The molecule has 1 unspecified atom stereocenters. The number of aryl methyl sites for hydroxylation is 1. The normalized spacial score (nSPS) is 11.7. The maximum atomic E-state index is 13.8. The minimum atomic E-state index is -0.601. The second-order valence-corrected chi connectivity index (χ2v) is 9.00. The summed E-state index contributed by atoms with van der Waals surface area (Å²) in [5, 5.41) is 3.38. The van der Waals surface area contributed by atoms with Crippen LogP contribution in [-0.2, 0) is 9.47 Å². The van der Waals surface area contributed by atoms with Gasteiger partial charge in [0.05, 0.1) is 41.4 Å². The highest BCUT2D eigenvalue weighted by atomic mass is 16.5. The van der Waals surface area contributed by atoms with E-state index in [1.165, 1.54) is 0 Å². The first-order valence-electron chi connectivity index (χ1n) is 12.8. The molecule has 0 spiro atoms. The van der Waals surface area contributed by atoms with Crippen molar-refractivity contribution in [3.63, 3.8) is 0 Å². The number of aromatic nitrogens is 2. The fraction of sp³-hybridized carbons (Fsp3) is 0.267. The molecule has 0 saturated carbocycles. The summed E-state index contributed by atoms with van der Waals surface area (Å²) in [5.74, 6) is -0.000753. The fourth-order valence-corrected chi connectivity index (χ4v) is 4.38. The van der Waals surface area contributed by atoms with Crippen molar-refractivity contribution < 1.29 is 19.1 Å². The van der Waals surface area contributed by atoms with Gasteiger partial charge in [-0.1, -0.05) is 30.3 Å². The van der Waals surface area contributed by atoms with E-state index < -0.39 is 18.0 Å². The molecule has 1 heterocycles. The molecule has 1 atom stereocenters. The van der Waals surface area contributed by atoms with Crippen LogP contribution in [0.4, 0.5) is 10.5 Å². The number of benzene rings is 3. The number of nitrogens with zero attached hydrogens (tertiary/aromatic N) is 3. The van der Waals surface area contributed by atoms with Crippen molar-refractivity contribution in [3.8, 4) is 5.69 Å². The molecular weight excluding hydrogens is 496 g/mol. The van der Waals surface area contributed by atoms with Crippen LogP contribution in [-0.4, -0.2) is 53.3 Å². The van der Waals surface area contributed by atoms with E-state index in [-0.39, 0.29) is 25.3 Å². The zero-order valence-corrected chi connectivity index (χ0v) is 22.5. The summed E-state index contributed by atoms with van der Waals surface area (Å²) in [6.45, 7) is 6.32. The smallest absolute Gasteiger partial charge is 0.338 e. The summed E-state index contributed by atoms with van der Waals surface area (Å²) in [4.78, 5) is 45.8. The summed E-state index contributed by atoms with van der Waals surface area (Å²) < 4.78 is 11.9. The van der Waals surface area contributed by atoms with Crippen LogP contribution in [0, 0.1) is 6.92 Å². The number of rotatable bonds is 9. The summed E-state index contributed by atoms with van der Waals surface area (Å²) in [5.41, 5.74) is 2.84. The highest BCUT2D eigenvalue weighted by Crippen LogP contribution is 2.25. The Kier molecular flexibility index (Phi) is 8.73. The predicted octanol–water partition coefficient (Wildman–Crippen LogP) is 5.11. The van der Waals surface area contributed by atoms with Gasteiger partial charge in [0.15, 0.2) is 0 Å². The van der Waals surface area contributed by atoms with Crippen LogP contribution in [0.2, 0.25) is 0 Å². The molecule has 4 rings (SSSR count). The SMILES string of the molecule is CCOC(=O)c1ccc(NC(=O)N(CCOC)C(C)c2nc3ccccc3c(=O)n2-c2ccccc2C)cc1. The topological polar surface area (TPSA) is 103 Å². The van der Waals surface area contributed by atoms with Gasteiger partial charge in [0.1, 0.15) is 5.82 Å². The molecular formula is C30H32N4O5. The average molecular weight is 529 g/mol. The molecule has 0 aliphatic rings. The van der Waals surface area contributed by atoms with Gasteiger partial charge in [0.25, 0.3) is 5.56 Å². The molecule has 4 aromatic rings. The summed E-state index contributed by atoms with van der Waals surface area (Å²) in [6.07, 6.45) is 0. The third kappa shape index (κ3) is 5.99. The third-order valence-electron chi connectivity index (χ3n) is 6.44. The lowest BCUT2D eigenvalue weighted by atomic mass is 10.1. The van der Waals surface area contributed by atoms with E-state index >= 15 is 0 Å². The molecule has 0 saturated heterocycles. The Hall–Kier alpha value is -4.50. The second kappa shape index (κ2) is 12.4. The zero-order chi connectivity index (χ0) is 27.9. The first kappa shape index (κ1) is 27.5. The average Bonchev–Trinajstić information content (AvgIpc) is 2.94. The van der Waals surface area contributed by atoms with E-state index in [4.69, 9.17) is 14.5 Å². The number of hydrogen-bond donors (Lipinski definition) is 1. The number of urea groups is 1. The van der Waals surface area contributed by atoms with Crippen molar-refractivity contribution in [1.82, 2.24) is 14.5 Å². The standard InChI is InChI=1S/C30H32N4O5/c1-5-39-29(36)22-14-16-23(17-15-22)31-30(37)33(18-19-38-4)21(3)27-32-25-12-8-7-11-24(25)28(35)34(27)26-13-9-6-10-20(26)2/h6-17,21H,5,18-19H2,1-4H3,(H,31,37). The first-order valence-corrected chi connectivity index (χ1v) is 12.8. The van der Waals surface area contributed by atoms with Crippen molar-refractivity contribution in [1.29, 1.82) is 0 Å². The van der Waals surface area contributed by atoms with Crippen molar-refractivity contribution in [2.45, 2.75) is 26.8 Å². The summed E-state index contributed by atoms with van der Waals surface area (Å²) in [7, 11) is 1.56. The molecule has 0 aliphatic heterocycles. The predicted molar refractivity (Wildman–Crippen MR) is 150 cm³/mol. The number of carbonyl (C=O) groups is 2. The number of amides is 2. The van der Waals surface area contributed by atoms with Crippen LogP contribution in [0.1, 0.15) is 41.6 Å². The Morgan fingerprint density at radius 1 is 1.03 bits per heavy atom. The lowest BCUT2D eigenvalue weighted by Crippen LogP contribution is -2.41. The molecule has 0 fully saturated rings. The van der Waals surface area contributed by atoms with Gasteiger partial charge >= 0.3 is 12.0 Å². The third-order valence-corrected chi connectivity index (χ3v) is 6.44. The Labute approximate surface area is 227 Å². The van der Waals surface area contributed by atoms with Gasteiger partial charge in [0.2, 0.25) is 0 Å². The van der Waals surface area contributed by atoms with Gasteiger partial charge in [-0.05, 0) is 68.8 Å². The first-order chi connectivity index (χ1) is 18.8. The molecule has 3 aromatic carbocycles. The van der Waals surface area contributed by atoms with Gasteiger partial charge < -0.3 is 19.7 Å². The van der Waals surface area contributed by atoms with Crippen LogP contribution < -0.4 is 10.9 Å². The molecule has 0 aliphatic carbocycles. The van der Waals surface area contributed by atoms with E-state index in [2.05, 4.69) is 5.32 Å². The van der Waals surface area contributed by atoms with Gasteiger partial charge in [-0.15, -0.1) is 0 Å². The van der Waals surface area contributed by atoms with E-state index in [9.17, 15) is 14.4 Å². The number of para-hydroxylation sites is 2. The molecule has 202 valence electrons. The zero-order valence-electron chi connectivity index (χ0n) is 22.5. The number of methoxy groups -OCH3 is 1. The largest absolute Gasteiger partial charge is 0.462 e. The van der Waals surface area contributed by atoms with Crippen LogP contribution >= 0.6 is 0 Å². The molecule has 9 heteroatoms. The number of esters is 1. The lowest BCUT2D eigenvalue weighted by molar-refractivity contribution is 0.0526. The van der Waals surface area contributed by atoms with Gasteiger partial charge in [-0.25, -0.2) is 14.6 Å². The lowest BCUT2D eigenvalue weighted by Gasteiger charge is -2.30. The number of anilines is 1. The Morgan fingerprint density at radius 3 is 2.41 bits per heavy atom. The molecule has 0 bridgehead atoms. The molecule has 9 nitrogen and oxygen atoms in total. The minimum absolute atomic E-state index is 0.210. The number of nitrogens with one attached hydrogen (secondary N) is 1. The quantitative estimate of drug-likeness (QED) is 0.303. The van der Waals surface area contributed by atoms with E-state index in [0.29, 0.717) is 33.7 Å². The van der Waals surface area contributed by atoms with Crippen LogP contribution in [0.3, 0.4) is 0 Å². The molecule has 39 heavy (non-hydrogen) atoms. The summed E-state index contributed by atoms with van der Waals surface area (Å²) >= 11 is 0.